The van der Waals surface area contributed by atoms with Gasteiger partial charge >= 0.3 is 5.97 Å². The van der Waals surface area contributed by atoms with E-state index in [1.54, 1.807) is 36.4 Å². The minimum absolute atomic E-state index is 0.0116. The van der Waals surface area contributed by atoms with Crippen LogP contribution >= 0.6 is 23.2 Å². The summed E-state index contributed by atoms with van der Waals surface area (Å²) < 4.78 is 4.79. The summed E-state index contributed by atoms with van der Waals surface area (Å²) in [6.07, 6.45) is 0.00590. The first-order chi connectivity index (χ1) is 19.1. The van der Waals surface area contributed by atoms with Gasteiger partial charge in [-0.25, -0.2) is 4.79 Å². The van der Waals surface area contributed by atoms with Crippen molar-refractivity contribution in [3.05, 3.63) is 93.5 Å². The van der Waals surface area contributed by atoms with Crippen molar-refractivity contribution in [3.63, 3.8) is 0 Å². The first-order valence-corrected chi connectivity index (χ1v) is 13.0. The number of nitrogens with one attached hydrogen (secondary N) is 3. The standard InChI is InChI=1S/C29H28Cl2N4O5/c1-40-29(39)24(11-10-21(36)16-34-27(37)19-9-5-6-17(12-19)13-25(32)33)35-28(38)26-22(30)14-20(15-23(26)31)18-7-3-2-4-8-18/h2-9,12,14-15,24H,10-11,13,16H2,1H3,(H3,32,33)(H,34,37)(H,35,38)/t24-/m0/s1. The number of carbonyl (C=O) groups excluding carboxylic acids is 4. The lowest BCUT2D eigenvalue weighted by atomic mass is 10.0. The second-order valence-electron chi connectivity index (χ2n) is 8.89. The molecule has 9 nitrogen and oxygen atoms in total. The van der Waals surface area contributed by atoms with E-state index in [2.05, 4.69) is 10.6 Å². The number of amidine groups is 1. The van der Waals surface area contributed by atoms with Crippen LogP contribution in [0.25, 0.3) is 11.1 Å². The van der Waals surface area contributed by atoms with Gasteiger partial charge in [0.1, 0.15) is 6.04 Å². The van der Waals surface area contributed by atoms with Crippen molar-refractivity contribution in [2.45, 2.75) is 25.3 Å². The fourth-order valence-electron chi connectivity index (χ4n) is 3.93. The maximum atomic E-state index is 13.0. The van der Waals surface area contributed by atoms with Crippen LogP contribution in [-0.2, 0) is 20.7 Å². The van der Waals surface area contributed by atoms with Crippen molar-refractivity contribution in [1.82, 2.24) is 10.6 Å². The Labute approximate surface area is 241 Å². The normalized spacial score (nSPS) is 11.3. The van der Waals surface area contributed by atoms with Gasteiger partial charge in [0, 0.05) is 18.4 Å². The molecule has 5 N–H and O–H groups in total. The Hall–Kier alpha value is -4.21. The molecule has 0 aliphatic rings. The summed E-state index contributed by atoms with van der Waals surface area (Å²) in [4.78, 5) is 50.3. The highest BCUT2D eigenvalue weighted by Crippen LogP contribution is 2.32. The van der Waals surface area contributed by atoms with E-state index in [4.69, 9.17) is 39.1 Å². The molecule has 3 aromatic rings. The summed E-state index contributed by atoms with van der Waals surface area (Å²) in [6.45, 7) is -0.282. The molecule has 0 heterocycles. The van der Waals surface area contributed by atoms with Crippen molar-refractivity contribution in [2.75, 3.05) is 13.7 Å². The molecule has 208 valence electrons. The van der Waals surface area contributed by atoms with Gasteiger partial charge in [-0.1, -0.05) is 65.7 Å². The number of halogens is 2. The number of methoxy groups -OCH3 is 1. The highest BCUT2D eigenvalue weighted by atomic mass is 35.5. The number of nitrogens with two attached hydrogens (primary N) is 1. The number of carbonyl (C=O) groups is 4. The number of Topliss-reactive ketones (excluding diaryl/α,β-unsaturated/α-hetero) is 1. The van der Waals surface area contributed by atoms with Crippen LogP contribution in [-0.4, -0.2) is 49.1 Å². The van der Waals surface area contributed by atoms with Gasteiger partial charge in [0.25, 0.3) is 11.8 Å². The first kappa shape index (κ1) is 30.3. The zero-order valence-corrected chi connectivity index (χ0v) is 23.1. The van der Waals surface area contributed by atoms with E-state index in [0.29, 0.717) is 11.1 Å². The van der Waals surface area contributed by atoms with Crippen molar-refractivity contribution in [2.24, 2.45) is 5.73 Å². The molecule has 0 bridgehead atoms. The number of ether oxygens (including phenoxy) is 1. The van der Waals surface area contributed by atoms with E-state index in [-0.39, 0.29) is 53.0 Å². The van der Waals surface area contributed by atoms with E-state index in [1.807, 2.05) is 30.3 Å². The van der Waals surface area contributed by atoms with Crippen LogP contribution < -0.4 is 16.4 Å². The van der Waals surface area contributed by atoms with Crippen LogP contribution in [0.15, 0.2) is 66.7 Å². The molecular weight excluding hydrogens is 555 g/mol. The van der Waals surface area contributed by atoms with Gasteiger partial charge in [-0.2, -0.15) is 0 Å². The lowest BCUT2D eigenvalue weighted by Crippen LogP contribution is -2.42. The summed E-state index contributed by atoms with van der Waals surface area (Å²) in [6, 6.07) is 18.0. The maximum absolute atomic E-state index is 13.0. The second-order valence-corrected chi connectivity index (χ2v) is 9.71. The molecule has 0 unspecified atom stereocenters. The van der Waals surface area contributed by atoms with Crippen LogP contribution in [0, 0.1) is 5.41 Å². The molecule has 0 aliphatic carbocycles. The lowest BCUT2D eigenvalue weighted by molar-refractivity contribution is -0.143. The van der Waals surface area contributed by atoms with Crippen molar-refractivity contribution in [3.8, 4) is 11.1 Å². The average molecular weight is 583 g/mol. The number of benzene rings is 3. The largest absolute Gasteiger partial charge is 0.467 e. The van der Waals surface area contributed by atoms with E-state index in [1.165, 1.54) is 7.11 Å². The van der Waals surface area contributed by atoms with Gasteiger partial charge in [-0.05, 0) is 47.4 Å². The average Bonchev–Trinajstić information content (AvgIpc) is 2.93. The number of amides is 2. The molecule has 2 amide bonds. The van der Waals surface area contributed by atoms with Gasteiger partial charge in [0.05, 0.1) is 35.1 Å². The van der Waals surface area contributed by atoms with E-state index in [0.717, 1.165) is 11.1 Å². The molecule has 0 fully saturated rings. The number of rotatable bonds is 12. The Balaban J connectivity index is 1.60. The van der Waals surface area contributed by atoms with Crippen LogP contribution in [0.5, 0.6) is 0 Å². The van der Waals surface area contributed by atoms with Gasteiger partial charge in [0.2, 0.25) is 0 Å². The zero-order chi connectivity index (χ0) is 29.2. The number of hydrogen-bond acceptors (Lipinski definition) is 6. The second kappa shape index (κ2) is 14.3. The van der Waals surface area contributed by atoms with Gasteiger partial charge in [-0.15, -0.1) is 0 Å². The third-order valence-corrected chi connectivity index (χ3v) is 6.51. The van der Waals surface area contributed by atoms with Crippen LogP contribution in [0.4, 0.5) is 0 Å². The molecular formula is C29H28Cl2N4O5. The monoisotopic (exact) mass is 582 g/mol. The quantitative estimate of drug-likeness (QED) is 0.143. The highest BCUT2D eigenvalue weighted by Gasteiger charge is 2.26. The summed E-state index contributed by atoms with van der Waals surface area (Å²) in [5.74, 6) is -2.31. The summed E-state index contributed by atoms with van der Waals surface area (Å²) in [7, 11) is 1.17. The number of esters is 1. The fourth-order valence-corrected chi connectivity index (χ4v) is 4.58. The fraction of sp³-hybridized carbons (Fsp3) is 0.207. The third kappa shape index (κ3) is 8.39. The molecule has 11 heteroatoms. The summed E-state index contributed by atoms with van der Waals surface area (Å²) >= 11 is 12.8. The van der Waals surface area contributed by atoms with E-state index in [9.17, 15) is 19.2 Å². The highest BCUT2D eigenvalue weighted by molar-refractivity contribution is 6.40. The van der Waals surface area contributed by atoms with Crippen LogP contribution in [0.1, 0.15) is 39.1 Å². The predicted octanol–water partition coefficient (Wildman–Crippen LogP) is 4.19. The number of ketones is 1. The maximum Gasteiger partial charge on any atom is 0.328 e. The summed E-state index contributed by atoms with van der Waals surface area (Å²) in [5.41, 5.74) is 7.99. The third-order valence-electron chi connectivity index (χ3n) is 5.91. The SMILES string of the molecule is COC(=O)[C@H](CCC(=O)CNC(=O)c1cccc(CC(=N)N)c1)NC(=O)c1c(Cl)cc(-c2ccccc2)cc1Cl. The predicted molar refractivity (Wildman–Crippen MR) is 154 cm³/mol. The lowest BCUT2D eigenvalue weighted by Gasteiger charge is -2.18. The van der Waals surface area contributed by atoms with Crippen molar-refractivity contribution < 1.29 is 23.9 Å². The molecule has 0 saturated heterocycles. The molecule has 3 rings (SSSR count). The molecule has 3 aromatic carbocycles. The van der Waals surface area contributed by atoms with Gasteiger partial charge < -0.3 is 21.1 Å². The minimum Gasteiger partial charge on any atom is -0.467 e. The van der Waals surface area contributed by atoms with Crippen LogP contribution in [0.2, 0.25) is 10.0 Å². The molecule has 0 spiro atoms. The smallest absolute Gasteiger partial charge is 0.328 e. The van der Waals surface area contributed by atoms with E-state index < -0.39 is 23.8 Å². The molecule has 0 aliphatic heterocycles. The molecule has 40 heavy (non-hydrogen) atoms. The Kier molecular flexibility index (Phi) is 10.8. The molecule has 0 saturated carbocycles. The van der Waals surface area contributed by atoms with Crippen molar-refractivity contribution >= 4 is 52.6 Å². The molecule has 0 aromatic heterocycles. The topological polar surface area (TPSA) is 151 Å². The zero-order valence-electron chi connectivity index (χ0n) is 21.6. The summed E-state index contributed by atoms with van der Waals surface area (Å²) in [5, 5.41) is 12.7. The Morgan fingerprint density at radius 2 is 1.60 bits per heavy atom. The molecule has 1 atom stereocenters. The Morgan fingerprint density at radius 1 is 0.925 bits per heavy atom. The van der Waals surface area contributed by atoms with E-state index >= 15 is 0 Å². The Morgan fingerprint density at radius 3 is 2.23 bits per heavy atom. The Bertz CT molecular complexity index is 1410. The minimum atomic E-state index is -1.15. The number of hydrogen-bond donors (Lipinski definition) is 4. The van der Waals surface area contributed by atoms with Gasteiger partial charge in [-0.3, -0.25) is 19.8 Å². The first-order valence-electron chi connectivity index (χ1n) is 12.2. The molecule has 0 radical (unpaired) electrons. The van der Waals surface area contributed by atoms with Crippen LogP contribution in [0.3, 0.4) is 0 Å². The van der Waals surface area contributed by atoms with Crippen molar-refractivity contribution in [1.29, 1.82) is 5.41 Å². The van der Waals surface area contributed by atoms with Gasteiger partial charge in [0.15, 0.2) is 5.78 Å².